The van der Waals surface area contributed by atoms with E-state index in [1.807, 2.05) is 24.9 Å². The largest absolute Gasteiger partial charge is 0.455 e. The Morgan fingerprint density at radius 3 is 2.57 bits per heavy atom. The number of carbonyl (C=O) groups excluding carboxylic acids is 2. The molecule has 3 aliphatic heterocycles. The molecule has 51 heavy (non-hydrogen) atoms. The summed E-state index contributed by atoms with van der Waals surface area (Å²) in [5.74, 6) is 0.397. The first kappa shape index (κ1) is 34.3. The summed E-state index contributed by atoms with van der Waals surface area (Å²) >= 11 is 0. The van der Waals surface area contributed by atoms with Crippen molar-refractivity contribution < 1.29 is 27.5 Å². The van der Waals surface area contributed by atoms with Crippen LogP contribution in [-0.4, -0.2) is 99.4 Å². The molecular formula is C36H38F3N9O3. The molecule has 7 rings (SSSR count). The molecule has 4 aromatic rings. The number of anilines is 1. The lowest BCUT2D eigenvalue weighted by Crippen LogP contribution is -2.49. The van der Waals surface area contributed by atoms with Crippen LogP contribution in [0.2, 0.25) is 0 Å². The van der Waals surface area contributed by atoms with Crippen LogP contribution in [0.4, 0.5) is 23.7 Å². The van der Waals surface area contributed by atoms with Crippen molar-refractivity contribution in [2.45, 2.75) is 38.5 Å². The van der Waals surface area contributed by atoms with E-state index in [0.29, 0.717) is 67.4 Å². The van der Waals surface area contributed by atoms with E-state index in [4.69, 9.17) is 15.0 Å². The molecule has 6 heterocycles. The molecule has 0 saturated carbocycles. The van der Waals surface area contributed by atoms with E-state index in [1.54, 1.807) is 34.3 Å². The average Bonchev–Trinajstić information content (AvgIpc) is 3.54. The van der Waals surface area contributed by atoms with Crippen LogP contribution in [0.5, 0.6) is 11.5 Å². The van der Waals surface area contributed by atoms with Crippen molar-refractivity contribution in [2.75, 3.05) is 58.2 Å². The van der Waals surface area contributed by atoms with Gasteiger partial charge in [0.15, 0.2) is 0 Å². The van der Waals surface area contributed by atoms with Crippen LogP contribution in [0.25, 0.3) is 11.0 Å². The summed E-state index contributed by atoms with van der Waals surface area (Å²) < 4.78 is 48.8. The first-order valence-electron chi connectivity index (χ1n) is 17.0. The maximum atomic E-state index is 14.2. The van der Waals surface area contributed by atoms with Crippen molar-refractivity contribution in [1.29, 1.82) is 5.26 Å². The number of urea groups is 1. The number of hydrogen-bond donors (Lipinski definition) is 2. The number of nitriles is 1. The summed E-state index contributed by atoms with van der Waals surface area (Å²) in [6, 6.07) is 10.8. The minimum absolute atomic E-state index is 0.0774. The predicted octanol–water partition coefficient (Wildman–Crippen LogP) is 5.65. The predicted molar refractivity (Wildman–Crippen MR) is 182 cm³/mol. The minimum atomic E-state index is -4.57. The number of alkyl halides is 3. The van der Waals surface area contributed by atoms with Gasteiger partial charge in [0.1, 0.15) is 22.8 Å². The fraction of sp³-hybridized carbons (Fsp3) is 0.417. The number of benzene rings is 1. The topological polar surface area (TPSA) is 134 Å². The van der Waals surface area contributed by atoms with Gasteiger partial charge in [-0.05, 0) is 54.9 Å². The Bertz CT molecular complexity index is 2000. The zero-order chi connectivity index (χ0) is 35.9. The molecule has 0 bridgehead atoms. The zero-order valence-corrected chi connectivity index (χ0v) is 28.3. The van der Waals surface area contributed by atoms with E-state index in [-0.39, 0.29) is 42.1 Å². The number of piperazine rings is 1. The number of hydrogen-bond acceptors (Lipinski definition) is 8. The molecular weight excluding hydrogens is 663 g/mol. The molecule has 0 radical (unpaired) electrons. The highest BCUT2D eigenvalue weighted by Crippen LogP contribution is 2.37. The summed E-state index contributed by atoms with van der Waals surface area (Å²) in [6.07, 6.45) is -0.699. The highest BCUT2D eigenvalue weighted by Gasteiger charge is 2.35. The second-order valence-corrected chi connectivity index (χ2v) is 13.5. The summed E-state index contributed by atoms with van der Waals surface area (Å²) in [5.41, 5.74) is 1.91. The number of amides is 3. The van der Waals surface area contributed by atoms with E-state index in [2.05, 4.69) is 26.3 Å². The van der Waals surface area contributed by atoms with Crippen molar-refractivity contribution in [3.05, 3.63) is 76.9 Å². The van der Waals surface area contributed by atoms with Gasteiger partial charge in [0, 0.05) is 76.7 Å². The maximum Gasteiger partial charge on any atom is 0.416 e. The average molecular weight is 702 g/mol. The summed E-state index contributed by atoms with van der Waals surface area (Å²) in [5, 5.41) is 12.4. The standard InChI is InChI=1S/C36H38F3N9O3/c1-3-23-20-48(35(50)43-26-5-4-24(29(13-26)36(37,38)39)19-46-10-8-45(2)9-11-46)21-25-12-27(16-42-32(23)25)51-31-6-7-41-33-28(31)14-30(44-33)34(49)47-17-22(15-40)18-47/h4-7,12-14,16,22-23H,3,8-11,17-21H2,1-2H3,(H,41,44)(H,43,50)/t23-/m0/s1. The minimum Gasteiger partial charge on any atom is -0.455 e. The number of nitrogens with zero attached hydrogens (tertiary/aromatic N) is 7. The Balaban J connectivity index is 1.06. The molecule has 3 amide bonds. The van der Waals surface area contributed by atoms with Gasteiger partial charge >= 0.3 is 12.2 Å². The van der Waals surface area contributed by atoms with Gasteiger partial charge in [0.25, 0.3) is 5.91 Å². The zero-order valence-electron chi connectivity index (χ0n) is 28.3. The maximum absolute atomic E-state index is 14.2. The smallest absolute Gasteiger partial charge is 0.416 e. The van der Waals surface area contributed by atoms with Crippen LogP contribution in [0.1, 0.15) is 52.1 Å². The molecule has 2 saturated heterocycles. The Labute approximate surface area is 292 Å². The molecule has 3 aromatic heterocycles. The summed E-state index contributed by atoms with van der Waals surface area (Å²) in [7, 11) is 2.00. The van der Waals surface area contributed by atoms with E-state index in [0.717, 1.165) is 30.4 Å². The van der Waals surface area contributed by atoms with E-state index in [1.165, 1.54) is 12.1 Å². The number of aromatic amines is 1. The quantitative estimate of drug-likeness (QED) is 0.253. The molecule has 0 unspecified atom stereocenters. The number of ether oxygens (including phenoxy) is 1. The highest BCUT2D eigenvalue weighted by atomic mass is 19.4. The lowest BCUT2D eigenvalue weighted by atomic mass is 9.92. The second-order valence-electron chi connectivity index (χ2n) is 13.5. The van der Waals surface area contributed by atoms with Crippen molar-refractivity contribution >= 4 is 28.7 Å². The van der Waals surface area contributed by atoms with Gasteiger partial charge in [0.05, 0.1) is 34.8 Å². The number of halogens is 3. The van der Waals surface area contributed by atoms with Gasteiger partial charge in [-0.25, -0.2) is 9.78 Å². The number of aromatic nitrogens is 3. The fourth-order valence-electron chi connectivity index (χ4n) is 6.88. The van der Waals surface area contributed by atoms with Crippen LogP contribution in [0.3, 0.4) is 0 Å². The lowest BCUT2D eigenvalue weighted by Gasteiger charge is -2.34. The lowest BCUT2D eigenvalue weighted by molar-refractivity contribution is -0.138. The van der Waals surface area contributed by atoms with E-state index in [9.17, 15) is 22.8 Å². The number of fused-ring (bicyclic) bond motifs is 2. The van der Waals surface area contributed by atoms with Crippen molar-refractivity contribution in [1.82, 2.24) is 34.6 Å². The Hall–Kier alpha value is -5.20. The van der Waals surface area contributed by atoms with Gasteiger partial charge in [-0.2, -0.15) is 18.4 Å². The van der Waals surface area contributed by atoms with Gasteiger partial charge < -0.3 is 29.7 Å². The van der Waals surface area contributed by atoms with E-state index < -0.39 is 17.8 Å². The van der Waals surface area contributed by atoms with Gasteiger partial charge in [-0.15, -0.1) is 0 Å². The van der Waals surface area contributed by atoms with Crippen molar-refractivity contribution in [2.24, 2.45) is 5.92 Å². The van der Waals surface area contributed by atoms with Crippen LogP contribution in [0.15, 0.2) is 48.8 Å². The third-order valence-corrected chi connectivity index (χ3v) is 9.90. The number of rotatable bonds is 7. The molecule has 0 spiro atoms. The highest BCUT2D eigenvalue weighted by molar-refractivity contribution is 5.99. The molecule has 2 N–H and O–H groups in total. The molecule has 3 aliphatic rings. The monoisotopic (exact) mass is 701 g/mol. The first-order chi connectivity index (χ1) is 24.5. The number of likely N-dealkylation sites (N-methyl/N-ethyl adjacent to an activating group) is 1. The Kier molecular flexibility index (Phi) is 9.30. The van der Waals surface area contributed by atoms with Crippen LogP contribution in [-0.2, 0) is 19.3 Å². The molecule has 15 heteroatoms. The third-order valence-electron chi connectivity index (χ3n) is 9.90. The third kappa shape index (κ3) is 7.19. The van der Waals surface area contributed by atoms with Crippen molar-refractivity contribution in [3.63, 3.8) is 0 Å². The summed E-state index contributed by atoms with van der Waals surface area (Å²) in [4.78, 5) is 45.9. The summed E-state index contributed by atoms with van der Waals surface area (Å²) in [6.45, 7) is 6.46. The molecule has 266 valence electrons. The second kappa shape index (κ2) is 13.8. The number of carbonyl (C=O) groups is 2. The Morgan fingerprint density at radius 1 is 1.06 bits per heavy atom. The molecule has 2 fully saturated rings. The van der Waals surface area contributed by atoms with Gasteiger partial charge in [-0.3, -0.25) is 14.7 Å². The number of likely N-dealkylation sites (tertiary alicyclic amines) is 1. The number of nitrogens with one attached hydrogen (secondary N) is 2. The first-order valence-corrected chi connectivity index (χ1v) is 17.0. The van der Waals surface area contributed by atoms with Crippen LogP contribution in [0, 0.1) is 17.2 Å². The van der Waals surface area contributed by atoms with Crippen LogP contribution >= 0.6 is 0 Å². The number of pyridine rings is 2. The van der Waals surface area contributed by atoms with E-state index >= 15 is 0 Å². The normalized spacial score (nSPS) is 18.6. The molecule has 12 nitrogen and oxygen atoms in total. The van der Waals surface area contributed by atoms with Gasteiger partial charge in [0.2, 0.25) is 0 Å². The van der Waals surface area contributed by atoms with Gasteiger partial charge in [-0.1, -0.05) is 13.0 Å². The SMILES string of the molecule is CC[C@H]1CN(C(=O)Nc2ccc(CN3CCN(C)CC3)c(C(F)(F)F)c2)Cc2cc(Oc3ccnc4[nH]c(C(=O)N5CC(C#N)C5)cc34)cnc21. The molecule has 1 aromatic carbocycles. The van der Waals surface area contributed by atoms with Crippen molar-refractivity contribution in [3.8, 4) is 17.6 Å². The molecule has 0 aliphatic carbocycles. The fourth-order valence-corrected chi connectivity index (χ4v) is 6.88. The van der Waals surface area contributed by atoms with Crippen LogP contribution < -0.4 is 10.1 Å². The Morgan fingerprint density at radius 2 is 1.84 bits per heavy atom. The number of H-pyrrole nitrogens is 1. The molecule has 1 atom stereocenters.